The maximum atomic E-state index is 9.69. The van der Waals surface area contributed by atoms with Gasteiger partial charge in [0.25, 0.3) is 0 Å². The molecule has 0 fully saturated rings. The Morgan fingerprint density at radius 2 is 1.93 bits per heavy atom. The van der Waals surface area contributed by atoms with E-state index in [1.54, 1.807) is 29.7 Å². The Labute approximate surface area is 183 Å². The van der Waals surface area contributed by atoms with E-state index < -0.39 is 0 Å². The van der Waals surface area contributed by atoms with Crippen molar-refractivity contribution < 1.29 is 5.11 Å². The Morgan fingerprint density at radius 3 is 2.62 bits per heavy atom. The molecule has 1 N–H and O–H groups in total. The lowest BCUT2D eigenvalue weighted by Gasteiger charge is -2.26. The van der Waals surface area contributed by atoms with E-state index in [-0.39, 0.29) is 15.8 Å². The van der Waals surface area contributed by atoms with Crippen molar-refractivity contribution >= 4 is 45.8 Å². The number of phenols is 1. The van der Waals surface area contributed by atoms with Gasteiger partial charge in [0.2, 0.25) is 0 Å². The fourth-order valence-corrected chi connectivity index (χ4v) is 5.11. The Hall–Kier alpha value is -2.36. The smallest absolute Gasteiger partial charge is 0.152 e. The van der Waals surface area contributed by atoms with E-state index in [1.807, 2.05) is 6.07 Å². The largest absolute Gasteiger partial charge is 0.505 e. The second kappa shape index (κ2) is 8.56. The summed E-state index contributed by atoms with van der Waals surface area (Å²) < 4.78 is 0. The minimum Gasteiger partial charge on any atom is -0.505 e. The number of benzene rings is 2. The van der Waals surface area contributed by atoms with Gasteiger partial charge in [-0.15, -0.1) is 11.3 Å². The molecular formula is C22H17Cl2N3OS. The third kappa shape index (κ3) is 4.31. The van der Waals surface area contributed by atoms with Crippen LogP contribution >= 0.6 is 34.5 Å². The summed E-state index contributed by atoms with van der Waals surface area (Å²) in [7, 11) is 0. The number of rotatable bonds is 4. The van der Waals surface area contributed by atoms with E-state index in [2.05, 4.69) is 40.2 Å². The van der Waals surface area contributed by atoms with Gasteiger partial charge < -0.3 is 5.11 Å². The van der Waals surface area contributed by atoms with Crippen LogP contribution < -0.4 is 0 Å². The molecule has 1 aliphatic rings. The first-order valence-corrected chi connectivity index (χ1v) is 10.7. The zero-order chi connectivity index (χ0) is 20.4. The van der Waals surface area contributed by atoms with Crippen LogP contribution in [0.1, 0.15) is 27.1 Å². The molecule has 29 heavy (non-hydrogen) atoms. The average molecular weight is 442 g/mol. The number of phenolic OH excluding ortho intramolecular Hbond substituents is 1. The second-order valence-corrected chi connectivity index (χ2v) is 8.73. The first kappa shape index (κ1) is 19.9. The molecule has 7 heteroatoms. The average Bonchev–Trinajstić information content (AvgIpc) is 3.07. The Morgan fingerprint density at radius 1 is 1.21 bits per heavy atom. The highest BCUT2D eigenvalue weighted by Crippen LogP contribution is 2.39. The van der Waals surface area contributed by atoms with Crippen LogP contribution in [-0.4, -0.2) is 22.8 Å². The van der Waals surface area contributed by atoms with Gasteiger partial charge in [-0.25, -0.2) is 4.99 Å². The number of aromatic hydroxyl groups is 1. The maximum absolute atomic E-state index is 9.69. The molecule has 0 saturated carbocycles. The highest BCUT2D eigenvalue weighted by Gasteiger charge is 2.24. The van der Waals surface area contributed by atoms with Crippen LogP contribution in [0.15, 0.2) is 47.5 Å². The van der Waals surface area contributed by atoms with E-state index in [9.17, 15) is 10.4 Å². The number of hydrogen-bond donors (Lipinski definition) is 1. The summed E-state index contributed by atoms with van der Waals surface area (Å²) in [6.07, 6.45) is 2.46. The molecule has 4 rings (SSSR count). The molecule has 146 valence electrons. The van der Waals surface area contributed by atoms with Crippen LogP contribution in [0, 0.1) is 11.3 Å². The molecule has 4 nitrogen and oxygen atoms in total. The monoisotopic (exact) mass is 441 g/mol. The van der Waals surface area contributed by atoms with Gasteiger partial charge in [-0.3, -0.25) is 4.90 Å². The van der Waals surface area contributed by atoms with Crippen LogP contribution in [0.5, 0.6) is 5.75 Å². The fraction of sp³-hybridized carbons (Fsp3) is 0.182. The van der Waals surface area contributed by atoms with Crippen LogP contribution in [0.3, 0.4) is 0 Å². The van der Waals surface area contributed by atoms with Crippen molar-refractivity contribution in [3.63, 3.8) is 0 Å². The second-order valence-electron chi connectivity index (χ2n) is 6.83. The van der Waals surface area contributed by atoms with Crippen LogP contribution in [0.2, 0.25) is 10.0 Å². The molecule has 1 aromatic heterocycles. The first-order chi connectivity index (χ1) is 14.0. The Bertz CT molecular complexity index is 1100. The lowest BCUT2D eigenvalue weighted by Crippen LogP contribution is -2.29. The van der Waals surface area contributed by atoms with E-state index >= 15 is 0 Å². The molecule has 0 amide bonds. The van der Waals surface area contributed by atoms with E-state index in [0.717, 1.165) is 31.6 Å². The molecule has 0 aliphatic carbocycles. The standard InChI is InChI=1S/C22H17Cl2N3OS/c23-18-8-15(9-19(24)21(18)28)11-26-22-17(10-25)16-6-7-27(13-20(16)29-22)12-14-4-2-1-3-5-14/h1-5,8-9,11,28H,6-7,12-13H2. The van der Waals surface area contributed by atoms with Crippen molar-refractivity contribution in [2.75, 3.05) is 6.54 Å². The fourth-order valence-electron chi connectivity index (χ4n) is 3.42. The van der Waals surface area contributed by atoms with Gasteiger partial charge >= 0.3 is 0 Å². The number of halogens is 2. The van der Waals surface area contributed by atoms with Crippen LogP contribution in [0.4, 0.5) is 5.00 Å². The molecule has 2 aromatic carbocycles. The summed E-state index contributed by atoms with van der Waals surface area (Å²) >= 11 is 13.5. The van der Waals surface area contributed by atoms with Crippen molar-refractivity contribution in [3.8, 4) is 11.8 Å². The predicted octanol–water partition coefficient (Wildman–Crippen LogP) is 5.94. The molecular weight excluding hydrogens is 425 g/mol. The molecule has 2 heterocycles. The molecule has 0 unspecified atom stereocenters. The van der Waals surface area contributed by atoms with E-state index in [4.69, 9.17) is 23.2 Å². The van der Waals surface area contributed by atoms with Crippen molar-refractivity contribution in [2.45, 2.75) is 19.5 Å². The summed E-state index contributed by atoms with van der Waals surface area (Å²) in [5.74, 6) is -0.145. The molecule has 1 aliphatic heterocycles. The van der Waals surface area contributed by atoms with E-state index in [1.165, 1.54) is 10.4 Å². The predicted molar refractivity (Wildman–Crippen MR) is 119 cm³/mol. The minimum atomic E-state index is -0.145. The maximum Gasteiger partial charge on any atom is 0.152 e. The lowest BCUT2D eigenvalue weighted by atomic mass is 10.0. The van der Waals surface area contributed by atoms with Crippen LogP contribution in [0.25, 0.3) is 0 Å². The van der Waals surface area contributed by atoms with Gasteiger partial charge in [0, 0.05) is 30.7 Å². The van der Waals surface area contributed by atoms with Crippen molar-refractivity contribution in [1.29, 1.82) is 5.26 Å². The molecule has 0 saturated heterocycles. The lowest BCUT2D eigenvalue weighted by molar-refractivity contribution is 0.249. The molecule has 0 atom stereocenters. The summed E-state index contributed by atoms with van der Waals surface area (Å²) in [5.41, 5.74) is 3.71. The zero-order valence-corrected chi connectivity index (χ0v) is 17.7. The SMILES string of the molecule is N#Cc1c(N=Cc2cc(Cl)c(O)c(Cl)c2)sc2c1CCN(Cc1ccccc1)C2. The normalized spacial score (nSPS) is 14.1. The summed E-state index contributed by atoms with van der Waals surface area (Å²) in [6.45, 7) is 2.62. The minimum absolute atomic E-state index is 0.145. The number of fused-ring (bicyclic) bond motifs is 1. The van der Waals surface area contributed by atoms with Gasteiger partial charge in [0.05, 0.1) is 15.6 Å². The highest BCUT2D eigenvalue weighted by molar-refractivity contribution is 7.16. The Balaban J connectivity index is 1.57. The van der Waals surface area contributed by atoms with Crippen molar-refractivity contribution in [1.82, 2.24) is 4.90 Å². The molecule has 3 aromatic rings. The van der Waals surface area contributed by atoms with Crippen molar-refractivity contribution in [2.24, 2.45) is 4.99 Å². The highest BCUT2D eigenvalue weighted by atomic mass is 35.5. The summed E-state index contributed by atoms with van der Waals surface area (Å²) in [4.78, 5) is 8.11. The third-order valence-electron chi connectivity index (χ3n) is 4.85. The summed E-state index contributed by atoms with van der Waals surface area (Å²) in [5, 5.41) is 20.4. The third-order valence-corrected chi connectivity index (χ3v) is 6.55. The van der Waals surface area contributed by atoms with Gasteiger partial charge in [0.1, 0.15) is 11.1 Å². The summed E-state index contributed by atoms with van der Waals surface area (Å²) in [6, 6.07) is 15.9. The van der Waals surface area contributed by atoms with Gasteiger partial charge in [-0.2, -0.15) is 5.26 Å². The molecule has 0 spiro atoms. The van der Waals surface area contributed by atoms with Gasteiger partial charge in [-0.05, 0) is 35.2 Å². The van der Waals surface area contributed by atoms with Gasteiger partial charge in [0.15, 0.2) is 5.75 Å². The quantitative estimate of drug-likeness (QED) is 0.509. The Kier molecular flexibility index (Phi) is 5.89. The number of thiophene rings is 1. The first-order valence-electron chi connectivity index (χ1n) is 9.08. The van der Waals surface area contributed by atoms with E-state index in [0.29, 0.717) is 16.1 Å². The number of hydrogen-bond acceptors (Lipinski definition) is 5. The molecule has 0 radical (unpaired) electrons. The number of aliphatic imine (C=N–C) groups is 1. The van der Waals surface area contributed by atoms with Crippen LogP contribution in [-0.2, 0) is 19.5 Å². The van der Waals surface area contributed by atoms with Crippen molar-refractivity contribution in [3.05, 3.63) is 79.6 Å². The topological polar surface area (TPSA) is 59.6 Å². The molecule has 0 bridgehead atoms. The number of nitrogens with zero attached hydrogens (tertiary/aromatic N) is 3. The number of nitriles is 1. The zero-order valence-electron chi connectivity index (χ0n) is 15.4. The van der Waals surface area contributed by atoms with Gasteiger partial charge in [-0.1, -0.05) is 53.5 Å².